The predicted octanol–water partition coefficient (Wildman–Crippen LogP) is 1.16. The SMILES string of the molecule is COc1cccc(C(=O)NCCCCN)c1. The molecule has 1 aromatic carbocycles. The summed E-state index contributed by atoms with van der Waals surface area (Å²) in [5, 5.41) is 2.84. The first-order valence-corrected chi connectivity index (χ1v) is 5.40. The van der Waals surface area contributed by atoms with Crippen molar-refractivity contribution in [3.8, 4) is 5.75 Å². The normalized spacial score (nSPS) is 9.88. The number of hydrogen-bond acceptors (Lipinski definition) is 3. The Kier molecular flexibility index (Phi) is 5.36. The topological polar surface area (TPSA) is 64.3 Å². The summed E-state index contributed by atoms with van der Waals surface area (Å²) >= 11 is 0. The van der Waals surface area contributed by atoms with Crippen LogP contribution in [0.25, 0.3) is 0 Å². The Morgan fingerprint density at radius 1 is 1.44 bits per heavy atom. The molecule has 16 heavy (non-hydrogen) atoms. The molecule has 0 aliphatic rings. The van der Waals surface area contributed by atoms with Gasteiger partial charge in [0.15, 0.2) is 0 Å². The molecule has 0 fully saturated rings. The summed E-state index contributed by atoms with van der Waals surface area (Å²) in [6.45, 7) is 1.32. The lowest BCUT2D eigenvalue weighted by Gasteiger charge is -2.06. The van der Waals surface area contributed by atoms with E-state index in [9.17, 15) is 4.79 Å². The lowest BCUT2D eigenvalue weighted by molar-refractivity contribution is 0.0952. The zero-order valence-electron chi connectivity index (χ0n) is 9.53. The number of methoxy groups -OCH3 is 1. The number of benzene rings is 1. The van der Waals surface area contributed by atoms with Gasteiger partial charge in [-0.3, -0.25) is 4.79 Å². The Bertz CT molecular complexity index is 340. The van der Waals surface area contributed by atoms with Crippen molar-refractivity contribution < 1.29 is 9.53 Å². The Labute approximate surface area is 95.8 Å². The fraction of sp³-hybridized carbons (Fsp3) is 0.417. The molecular weight excluding hydrogens is 204 g/mol. The summed E-state index contributed by atoms with van der Waals surface area (Å²) in [5.74, 6) is 0.616. The molecule has 0 aliphatic heterocycles. The second-order valence-electron chi connectivity index (χ2n) is 3.48. The summed E-state index contributed by atoms with van der Waals surface area (Å²) in [5.41, 5.74) is 5.98. The number of nitrogens with one attached hydrogen (secondary N) is 1. The van der Waals surface area contributed by atoms with Crippen molar-refractivity contribution in [2.24, 2.45) is 5.73 Å². The maximum Gasteiger partial charge on any atom is 0.251 e. The van der Waals surface area contributed by atoms with Crippen LogP contribution in [0.15, 0.2) is 24.3 Å². The zero-order chi connectivity index (χ0) is 11.8. The minimum atomic E-state index is -0.0732. The quantitative estimate of drug-likeness (QED) is 0.710. The summed E-state index contributed by atoms with van der Waals surface area (Å²) in [7, 11) is 1.58. The van der Waals surface area contributed by atoms with Gasteiger partial charge in [-0.25, -0.2) is 0 Å². The third-order valence-corrected chi connectivity index (χ3v) is 2.25. The lowest BCUT2D eigenvalue weighted by atomic mass is 10.2. The van der Waals surface area contributed by atoms with Crippen LogP contribution in [0.3, 0.4) is 0 Å². The average molecular weight is 222 g/mol. The maximum absolute atomic E-state index is 11.7. The van der Waals surface area contributed by atoms with E-state index in [2.05, 4.69) is 5.32 Å². The Hall–Kier alpha value is -1.55. The van der Waals surface area contributed by atoms with Crippen LogP contribution in [-0.4, -0.2) is 26.1 Å². The van der Waals surface area contributed by atoms with Gasteiger partial charge in [0.05, 0.1) is 7.11 Å². The summed E-state index contributed by atoms with van der Waals surface area (Å²) in [4.78, 5) is 11.7. The first-order chi connectivity index (χ1) is 7.77. The molecule has 0 spiro atoms. The third-order valence-electron chi connectivity index (χ3n) is 2.25. The first kappa shape index (κ1) is 12.5. The molecule has 0 unspecified atom stereocenters. The molecule has 0 saturated carbocycles. The van der Waals surface area contributed by atoms with Crippen LogP contribution < -0.4 is 15.8 Å². The standard InChI is InChI=1S/C12H18N2O2/c1-16-11-6-4-5-10(9-11)12(15)14-8-3-2-7-13/h4-6,9H,2-3,7-8,13H2,1H3,(H,14,15). The van der Waals surface area contributed by atoms with Crippen molar-refractivity contribution in [1.29, 1.82) is 0 Å². The number of unbranched alkanes of at least 4 members (excludes halogenated alkanes) is 1. The number of ether oxygens (including phenoxy) is 1. The molecule has 4 nitrogen and oxygen atoms in total. The highest BCUT2D eigenvalue weighted by atomic mass is 16.5. The lowest BCUT2D eigenvalue weighted by Crippen LogP contribution is -2.24. The van der Waals surface area contributed by atoms with Crippen molar-refractivity contribution in [2.45, 2.75) is 12.8 Å². The molecule has 1 rings (SSSR count). The summed E-state index contributed by atoms with van der Waals surface area (Å²) < 4.78 is 5.05. The molecule has 0 heterocycles. The molecule has 88 valence electrons. The number of nitrogens with two attached hydrogens (primary N) is 1. The Morgan fingerprint density at radius 2 is 2.25 bits per heavy atom. The summed E-state index contributed by atoms with van der Waals surface area (Å²) in [6, 6.07) is 7.10. The minimum absolute atomic E-state index is 0.0732. The molecule has 1 aromatic rings. The van der Waals surface area contributed by atoms with E-state index < -0.39 is 0 Å². The van der Waals surface area contributed by atoms with Crippen LogP contribution in [0.5, 0.6) is 5.75 Å². The van der Waals surface area contributed by atoms with E-state index in [-0.39, 0.29) is 5.91 Å². The zero-order valence-corrected chi connectivity index (χ0v) is 9.53. The molecule has 1 amide bonds. The van der Waals surface area contributed by atoms with Crippen LogP contribution in [-0.2, 0) is 0 Å². The van der Waals surface area contributed by atoms with Crippen molar-refractivity contribution in [3.63, 3.8) is 0 Å². The number of carbonyl (C=O) groups excluding carboxylic acids is 1. The van der Waals surface area contributed by atoms with Crippen LogP contribution >= 0.6 is 0 Å². The van der Waals surface area contributed by atoms with Crippen molar-refractivity contribution in [3.05, 3.63) is 29.8 Å². The Balaban J connectivity index is 2.46. The van der Waals surface area contributed by atoms with Gasteiger partial charge >= 0.3 is 0 Å². The van der Waals surface area contributed by atoms with Crippen LogP contribution in [0.4, 0.5) is 0 Å². The van der Waals surface area contributed by atoms with E-state index in [1.54, 1.807) is 25.3 Å². The maximum atomic E-state index is 11.7. The van der Waals surface area contributed by atoms with Crippen molar-refractivity contribution in [1.82, 2.24) is 5.32 Å². The second-order valence-corrected chi connectivity index (χ2v) is 3.48. The number of hydrogen-bond donors (Lipinski definition) is 2. The number of carbonyl (C=O) groups is 1. The van der Waals surface area contributed by atoms with E-state index in [1.807, 2.05) is 6.07 Å². The minimum Gasteiger partial charge on any atom is -0.497 e. The molecule has 0 bridgehead atoms. The highest BCUT2D eigenvalue weighted by molar-refractivity contribution is 5.94. The molecule has 4 heteroatoms. The van der Waals surface area contributed by atoms with Gasteiger partial charge in [-0.2, -0.15) is 0 Å². The molecule has 0 aliphatic carbocycles. The van der Waals surface area contributed by atoms with Gasteiger partial charge < -0.3 is 15.8 Å². The third kappa shape index (κ3) is 3.90. The van der Waals surface area contributed by atoms with Gasteiger partial charge in [0.25, 0.3) is 5.91 Å². The Morgan fingerprint density at radius 3 is 2.94 bits per heavy atom. The van der Waals surface area contributed by atoms with Gasteiger partial charge in [0.2, 0.25) is 0 Å². The van der Waals surface area contributed by atoms with Crippen LogP contribution in [0.1, 0.15) is 23.2 Å². The van der Waals surface area contributed by atoms with E-state index in [0.29, 0.717) is 24.4 Å². The number of amides is 1. The highest BCUT2D eigenvalue weighted by Crippen LogP contribution is 2.12. The van der Waals surface area contributed by atoms with Gasteiger partial charge in [0.1, 0.15) is 5.75 Å². The fourth-order valence-corrected chi connectivity index (χ4v) is 1.34. The first-order valence-electron chi connectivity index (χ1n) is 5.40. The molecule has 0 atom stereocenters. The van der Waals surface area contributed by atoms with E-state index >= 15 is 0 Å². The molecule has 0 radical (unpaired) electrons. The van der Waals surface area contributed by atoms with Gasteiger partial charge in [0, 0.05) is 12.1 Å². The molecular formula is C12H18N2O2. The van der Waals surface area contributed by atoms with E-state index in [1.165, 1.54) is 0 Å². The predicted molar refractivity (Wildman–Crippen MR) is 63.6 cm³/mol. The van der Waals surface area contributed by atoms with Crippen LogP contribution in [0.2, 0.25) is 0 Å². The van der Waals surface area contributed by atoms with Crippen LogP contribution in [0, 0.1) is 0 Å². The smallest absolute Gasteiger partial charge is 0.251 e. The molecule has 0 aromatic heterocycles. The highest BCUT2D eigenvalue weighted by Gasteiger charge is 2.05. The van der Waals surface area contributed by atoms with Gasteiger partial charge in [-0.15, -0.1) is 0 Å². The molecule has 3 N–H and O–H groups in total. The molecule has 0 saturated heterocycles. The fourth-order valence-electron chi connectivity index (χ4n) is 1.34. The van der Waals surface area contributed by atoms with Gasteiger partial charge in [-0.1, -0.05) is 6.07 Å². The van der Waals surface area contributed by atoms with E-state index in [4.69, 9.17) is 10.5 Å². The van der Waals surface area contributed by atoms with Crippen molar-refractivity contribution in [2.75, 3.05) is 20.2 Å². The largest absolute Gasteiger partial charge is 0.497 e. The second kappa shape index (κ2) is 6.85. The average Bonchev–Trinajstić information content (AvgIpc) is 2.34. The summed E-state index contributed by atoms with van der Waals surface area (Å²) in [6.07, 6.45) is 1.84. The van der Waals surface area contributed by atoms with E-state index in [0.717, 1.165) is 12.8 Å². The monoisotopic (exact) mass is 222 g/mol. The van der Waals surface area contributed by atoms with Gasteiger partial charge in [-0.05, 0) is 37.6 Å². The van der Waals surface area contributed by atoms with Crippen molar-refractivity contribution >= 4 is 5.91 Å². The number of rotatable bonds is 6.